The Labute approximate surface area is 128 Å². The number of rotatable bonds is 4. The van der Waals surface area contributed by atoms with Crippen LogP contribution < -0.4 is 0 Å². The summed E-state index contributed by atoms with van der Waals surface area (Å²) < 4.78 is 0. The van der Waals surface area contributed by atoms with E-state index in [0.717, 1.165) is 16.3 Å². The van der Waals surface area contributed by atoms with E-state index < -0.39 is 0 Å². The first kappa shape index (κ1) is 14.0. The number of fused-ring (bicyclic) bond motifs is 1. The van der Waals surface area contributed by atoms with Gasteiger partial charge in [0.15, 0.2) is 5.78 Å². The fourth-order valence-corrected chi connectivity index (χ4v) is 2.43. The molecule has 0 N–H and O–H groups in total. The molecule has 0 bridgehead atoms. The molecule has 3 aromatic rings. The van der Waals surface area contributed by atoms with Crippen molar-refractivity contribution in [1.29, 1.82) is 0 Å². The van der Waals surface area contributed by atoms with Crippen LogP contribution in [0.2, 0.25) is 0 Å². The molecular weight excluding hydrogens is 272 g/mol. The van der Waals surface area contributed by atoms with Crippen LogP contribution in [0.3, 0.4) is 0 Å². The van der Waals surface area contributed by atoms with Gasteiger partial charge in [0.05, 0.1) is 5.57 Å². The van der Waals surface area contributed by atoms with Gasteiger partial charge in [-0.05, 0) is 22.4 Å². The third-order valence-electron chi connectivity index (χ3n) is 3.50. The standard InChI is InChI=1S/C20H13O2/c21-14-17(13-15-7-2-1-3-8-15)20(22)19-12-6-10-16-9-4-5-11-18(16)19/h1-13H. The molecule has 0 aliphatic carbocycles. The average molecular weight is 285 g/mol. The van der Waals surface area contributed by atoms with Gasteiger partial charge in [-0.2, -0.15) is 0 Å². The van der Waals surface area contributed by atoms with E-state index in [1.54, 1.807) is 18.4 Å². The van der Waals surface area contributed by atoms with E-state index in [-0.39, 0.29) is 11.4 Å². The average Bonchev–Trinajstić information content (AvgIpc) is 2.59. The van der Waals surface area contributed by atoms with Gasteiger partial charge in [0.1, 0.15) is 0 Å². The lowest BCUT2D eigenvalue weighted by Crippen LogP contribution is -2.05. The normalized spacial score (nSPS) is 11.4. The molecule has 0 atom stereocenters. The van der Waals surface area contributed by atoms with Crippen molar-refractivity contribution in [2.75, 3.05) is 0 Å². The molecule has 22 heavy (non-hydrogen) atoms. The van der Waals surface area contributed by atoms with E-state index in [4.69, 9.17) is 0 Å². The van der Waals surface area contributed by atoms with E-state index >= 15 is 0 Å². The summed E-state index contributed by atoms with van der Waals surface area (Å²) in [7, 11) is 0. The van der Waals surface area contributed by atoms with Crippen LogP contribution >= 0.6 is 0 Å². The van der Waals surface area contributed by atoms with Crippen LogP contribution in [-0.2, 0) is 4.79 Å². The van der Waals surface area contributed by atoms with Gasteiger partial charge >= 0.3 is 0 Å². The summed E-state index contributed by atoms with van der Waals surface area (Å²) in [5.74, 6) is -0.310. The highest BCUT2D eigenvalue weighted by Crippen LogP contribution is 2.21. The Balaban J connectivity index is 2.08. The lowest BCUT2D eigenvalue weighted by Gasteiger charge is -2.05. The number of allylic oxidation sites excluding steroid dienone is 1. The van der Waals surface area contributed by atoms with Gasteiger partial charge in [0, 0.05) is 5.56 Å². The molecule has 0 spiro atoms. The highest BCUT2D eigenvalue weighted by Gasteiger charge is 2.15. The maximum atomic E-state index is 12.7. The molecule has 2 heteroatoms. The van der Waals surface area contributed by atoms with Crippen molar-refractivity contribution in [2.45, 2.75) is 0 Å². The van der Waals surface area contributed by atoms with Crippen LogP contribution in [0.1, 0.15) is 15.9 Å². The van der Waals surface area contributed by atoms with Crippen LogP contribution in [0.25, 0.3) is 16.8 Å². The SMILES string of the molecule is O=[C]C(=Cc1ccccc1)C(=O)c1cccc2ccccc12. The summed E-state index contributed by atoms with van der Waals surface area (Å²) in [6, 6.07) is 22.4. The van der Waals surface area contributed by atoms with Gasteiger partial charge in [0.25, 0.3) is 0 Å². The second kappa shape index (κ2) is 6.19. The van der Waals surface area contributed by atoms with Crippen molar-refractivity contribution in [3.63, 3.8) is 0 Å². The van der Waals surface area contributed by atoms with Crippen molar-refractivity contribution in [2.24, 2.45) is 0 Å². The molecule has 0 saturated heterocycles. The molecule has 0 fully saturated rings. The first-order valence-corrected chi connectivity index (χ1v) is 6.97. The summed E-state index contributed by atoms with van der Waals surface area (Å²) in [6.07, 6.45) is 3.34. The van der Waals surface area contributed by atoms with Crippen molar-refractivity contribution >= 4 is 28.9 Å². The Kier molecular flexibility index (Phi) is 3.92. The first-order valence-electron chi connectivity index (χ1n) is 6.97. The number of hydrogen-bond acceptors (Lipinski definition) is 2. The number of Topliss-reactive ketones (excluding diaryl/α,β-unsaturated/α-hetero) is 1. The molecule has 1 radical (unpaired) electrons. The second-order valence-corrected chi connectivity index (χ2v) is 4.93. The maximum absolute atomic E-state index is 12.7. The summed E-state index contributed by atoms with van der Waals surface area (Å²) in [5.41, 5.74) is 1.35. The molecule has 2 nitrogen and oxygen atoms in total. The van der Waals surface area contributed by atoms with Gasteiger partial charge < -0.3 is 0 Å². The van der Waals surface area contributed by atoms with Crippen LogP contribution in [0.4, 0.5) is 0 Å². The van der Waals surface area contributed by atoms with E-state index in [9.17, 15) is 9.59 Å². The van der Waals surface area contributed by atoms with Gasteiger partial charge in [-0.15, -0.1) is 0 Å². The molecular formula is C20H13O2. The van der Waals surface area contributed by atoms with Crippen molar-refractivity contribution in [1.82, 2.24) is 0 Å². The zero-order chi connectivity index (χ0) is 15.4. The van der Waals surface area contributed by atoms with Gasteiger partial charge in [-0.25, -0.2) is 0 Å². The van der Waals surface area contributed by atoms with E-state index in [1.165, 1.54) is 0 Å². The number of carbonyl (C=O) groups is 1. The Hall–Kier alpha value is -3.00. The van der Waals surface area contributed by atoms with Crippen LogP contribution in [0, 0.1) is 0 Å². The van der Waals surface area contributed by atoms with E-state index in [2.05, 4.69) is 0 Å². The van der Waals surface area contributed by atoms with Gasteiger partial charge in [-0.1, -0.05) is 72.8 Å². The quantitative estimate of drug-likeness (QED) is 0.311. The molecule has 0 heterocycles. The fourth-order valence-electron chi connectivity index (χ4n) is 2.43. The fraction of sp³-hybridized carbons (Fsp3) is 0. The molecule has 0 aliphatic rings. The van der Waals surface area contributed by atoms with Crippen LogP contribution in [-0.4, -0.2) is 12.1 Å². The first-order chi connectivity index (χ1) is 10.8. The van der Waals surface area contributed by atoms with E-state index in [1.807, 2.05) is 66.7 Å². The lowest BCUT2D eigenvalue weighted by atomic mass is 9.96. The van der Waals surface area contributed by atoms with Crippen LogP contribution in [0.5, 0.6) is 0 Å². The third-order valence-corrected chi connectivity index (χ3v) is 3.50. The molecule has 0 amide bonds. The minimum Gasteiger partial charge on any atom is -0.288 e. The highest BCUT2D eigenvalue weighted by atomic mass is 16.1. The summed E-state index contributed by atoms with van der Waals surface area (Å²) in [5, 5.41) is 1.81. The van der Waals surface area contributed by atoms with Gasteiger partial charge in [-0.3, -0.25) is 9.59 Å². The summed E-state index contributed by atoms with van der Waals surface area (Å²) in [6.45, 7) is 0. The molecule has 0 saturated carbocycles. The molecule has 0 unspecified atom stereocenters. The molecule has 0 aromatic heterocycles. The van der Waals surface area contributed by atoms with Crippen LogP contribution in [0.15, 0.2) is 78.4 Å². The van der Waals surface area contributed by atoms with E-state index in [0.29, 0.717) is 5.56 Å². The minimum absolute atomic E-state index is 0.0301. The lowest BCUT2D eigenvalue weighted by molar-refractivity contribution is 0.104. The number of carbonyl (C=O) groups excluding carboxylic acids is 2. The topological polar surface area (TPSA) is 34.1 Å². The predicted molar refractivity (Wildman–Crippen MR) is 88.4 cm³/mol. The minimum atomic E-state index is -0.310. The number of hydrogen-bond donors (Lipinski definition) is 0. The monoisotopic (exact) mass is 285 g/mol. The molecule has 3 rings (SSSR count). The van der Waals surface area contributed by atoms with Gasteiger partial charge in [0.2, 0.25) is 6.29 Å². The Morgan fingerprint density at radius 1 is 0.818 bits per heavy atom. The summed E-state index contributed by atoms with van der Waals surface area (Å²) >= 11 is 0. The Morgan fingerprint density at radius 3 is 2.27 bits per heavy atom. The third kappa shape index (κ3) is 2.72. The zero-order valence-electron chi connectivity index (χ0n) is 11.8. The van der Waals surface area contributed by atoms with Crippen molar-refractivity contribution in [3.05, 3.63) is 89.5 Å². The van der Waals surface area contributed by atoms with Crippen molar-refractivity contribution in [3.8, 4) is 0 Å². The molecule has 0 aliphatic heterocycles. The van der Waals surface area contributed by atoms with Crippen molar-refractivity contribution < 1.29 is 9.59 Å². The molecule has 105 valence electrons. The highest BCUT2D eigenvalue weighted by molar-refractivity contribution is 6.26. The predicted octanol–water partition coefficient (Wildman–Crippen LogP) is 4.22. The second-order valence-electron chi connectivity index (χ2n) is 4.93. The smallest absolute Gasteiger partial charge is 0.237 e. The number of ketones is 1. The summed E-state index contributed by atoms with van der Waals surface area (Å²) in [4.78, 5) is 23.9. The largest absolute Gasteiger partial charge is 0.288 e. The maximum Gasteiger partial charge on any atom is 0.237 e. The Morgan fingerprint density at radius 2 is 1.50 bits per heavy atom. The Bertz CT molecular complexity index is 856. The number of benzene rings is 3. The zero-order valence-corrected chi connectivity index (χ0v) is 11.8. The molecule has 3 aromatic carbocycles.